The van der Waals surface area contributed by atoms with Gasteiger partial charge in [0.05, 0.1) is 12.2 Å². The molecule has 9 nitrogen and oxygen atoms in total. The van der Waals surface area contributed by atoms with Gasteiger partial charge in [-0.15, -0.1) is 11.3 Å². The quantitative estimate of drug-likeness (QED) is 0.381. The summed E-state index contributed by atoms with van der Waals surface area (Å²) in [4.78, 5) is 52.2. The fourth-order valence-electron chi connectivity index (χ4n) is 3.36. The second-order valence-corrected chi connectivity index (χ2v) is 8.08. The first-order valence-electron chi connectivity index (χ1n) is 10.3. The number of furan rings is 1. The number of aromatic nitrogens is 1. The molecule has 0 saturated heterocycles. The smallest absolute Gasteiger partial charge is 0.341 e. The number of anilines is 1. The average Bonchev–Trinajstić information content (AvgIpc) is 3.43. The summed E-state index contributed by atoms with van der Waals surface area (Å²) in [5.41, 5.74) is 0.699. The zero-order chi connectivity index (χ0) is 24.2. The molecular weight excluding hydrogens is 460 g/mol. The third kappa shape index (κ3) is 4.76. The lowest BCUT2D eigenvalue weighted by atomic mass is 10.1. The molecule has 0 atom stereocenters. The summed E-state index contributed by atoms with van der Waals surface area (Å²) in [6.07, 6.45) is 0. The van der Waals surface area contributed by atoms with Crippen LogP contribution >= 0.6 is 11.3 Å². The van der Waals surface area contributed by atoms with Crippen LogP contribution in [-0.4, -0.2) is 36.0 Å². The molecule has 0 spiro atoms. The minimum absolute atomic E-state index is 0.0472. The van der Waals surface area contributed by atoms with E-state index in [4.69, 9.17) is 13.9 Å². The van der Waals surface area contributed by atoms with Gasteiger partial charge in [0.2, 0.25) is 5.56 Å². The Morgan fingerprint density at radius 2 is 1.88 bits per heavy atom. The first kappa shape index (κ1) is 23.0. The summed E-state index contributed by atoms with van der Waals surface area (Å²) < 4.78 is 15.9. The van der Waals surface area contributed by atoms with Crippen molar-refractivity contribution in [2.75, 3.05) is 18.5 Å². The Bertz CT molecular complexity index is 1450. The predicted molar refractivity (Wildman–Crippen MR) is 126 cm³/mol. The molecule has 1 aromatic carbocycles. The van der Waals surface area contributed by atoms with Crippen molar-refractivity contribution in [2.45, 2.75) is 13.8 Å². The molecule has 2 N–H and O–H groups in total. The molecule has 4 aromatic rings. The zero-order valence-electron chi connectivity index (χ0n) is 18.3. The van der Waals surface area contributed by atoms with Crippen molar-refractivity contribution >= 4 is 45.1 Å². The molecule has 0 unspecified atom stereocenters. The van der Waals surface area contributed by atoms with Crippen LogP contribution in [0.1, 0.15) is 33.4 Å². The number of H-pyrrole nitrogens is 1. The number of para-hydroxylation sites is 1. The molecule has 10 heteroatoms. The number of ether oxygens (including phenoxy) is 2. The van der Waals surface area contributed by atoms with Gasteiger partial charge in [0, 0.05) is 27.9 Å². The molecule has 174 valence electrons. The van der Waals surface area contributed by atoms with Gasteiger partial charge in [0.1, 0.15) is 22.1 Å². The third-order valence-corrected chi connectivity index (χ3v) is 5.73. The Hall–Kier alpha value is -4.18. The molecule has 3 heterocycles. The van der Waals surface area contributed by atoms with Crippen LogP contribution in [0.25, 0.3) is 22.2 Å². The number of esters is 2. The standard InChI is InChI=1S/C24H20N2O7S/c1-3-31-24(30)21-16(18-9-8-13(2)33-18)12-34-22(21)26-20(28)11-32-23(29)15-10-19(27)25-17-7-5-4-6-14(15)17/h4-10,12H,3,11H2,1-2H3,(H,25,27)(H,26,28). The number of hydrogen-bond acceptors (Lipinski definition) is 8. The number of carbonyl (C=O) groups is 3. The Morgan fingerprint density at radius 3 is 2.62 bits per heavy atom. The Kier molecular flexibility index (Phi) is 6.60. The van der Waals surface area contributed by atoms with Gasteiger partial charge in [-0.3, -0.25) is 9.59 Å². The predicted octanol–water partition coefficient (Wildman–Crippen LogP) is 4.13. The van der Waals surface area contributed by atoms with Crippen LogP contribution in [-0.2, 0) is 14.3 Å². The largest absolute Gasteiger partial charge is 0.462 e. The van der Waals surface area contributed by atoms with Crippen LogP contribution in [0.15, 0.2) is 57.1 Å². The number of aryl methyl sites for hydroxylation is 1. The van der Waals surface area contributed by atoms with Gasteiger partial charge in [0.15, 0.2) is 6.61 Å². The third-order valence-electron chi connectivity index (χ3n) is 4.83. The fraction of sp³-hybridized carbons (Fsp3) is 0.167. The minimum atomic E-state index is -0.819. The maximum atomic E-state index is 12.6. The number of aromatic amines is 1. The number of thiophene rings is 1. The SMILES string of the molecule is CCOC(=O)c1c(-c2ccc(C)o2)csc1NC(=O)COC(=O)c1cc(=O)[nH]c2ccccc12. The highest BCUT2D eigenvalue weighted by Gasteiger charge is 2.25. The fourth-order valence-corrected chi connectivity index (χ4v) is 4.32. The number of carbonyl (C=O) groups excluding carboxylic acids is 3. The Balaban J connectivity index is 1.51. The highest BCUT2D eigenvalue weighted by molar-refractivity contribution is 7.15. The van der Waals surface area contributed by atoms with E-state index in [2.05, 4.69) is 10.3 Å². The van der Waals surface area contributed by atoms with E-state index >= 15 is 0 Å². The Morgan fingerprint density at radius 1 is 1.09 bits per heavy atom. The van der Waals surface area contributed by atoms with Gasteiger partial charge in [-0.05, 0) is 32.0 Å². The minimum Gasteiger partial charge on any atom is -0.462 e. The second-order valence-electron chi connectivity index (χ2n) is 7.20. The van der Waals surface area contributed by atoms with Crippen molar-refractivity contribution in [2.24, 2.45) is 0 Å². The topological polar surface area (TPSA) is 128 Å². The van der Waals surface area contributed by atoms with Crippen LogP contribution in [0.5, 0.6) is 0 Å². The van der Waals surface area contributed by atoms with E-state index in [-0.39, 0.29) is 22.7 Å². The van der Waals surface area contributed by atoms with Gasteiger partial charge >= 0.3 is 11.9 Å². The number of rotatable bonds is 7. The summed E-state index contributed by atoms with van der Waals surface area (Å²) in [6, 6.07) is 11.4. The Labute approximate surface area is 197 Å². The van der Waals surface area contributed by atoms with Crippen molar-refractivity contribution < 1.29 is 28.3 Å². The molecule has 0 radical (unpaired) electrons. The first-order valence-corrected chi connectivity index (χ1v) is 11.2. The van der Waals surface area contributed by atoms with Crippen LogP contribution in [0, 0.1) is 6.92 Å². The van der Waals surface area contributed by atoms with Crippen LogP contribution in [0.3, 0.4) is 0 Å². The monoisotopic (exact) mass is 480 g/mol. The van der Waals surface area contributed by atoms with Crippen LogP contribution < -0.4 is 10.9 Å². The number of pyridine rings is 1. The maximum absolute atomic E-state index is 12.6. The molecular formula is C24H20N2O7S. The van der Waals surface area contributed by atoms with Crippen molar-refractivity contribution in [1.29, 1.82) is 0 Å². The van der Waals surface area contributed by atoms with E-state index in [1.165, 1.54) is 0 Å². The van der Waals surface area contributed by atoms with Gasteiger partial charge in [-0.25, -0.2) is 9.59 Å². The summed E-state index contributed by atoms with van der Waals surface area (Å²) in [5.74, 6) is -0.959. The molecule has 3 aromatic heterocycles. The van der Waals surface area contributed by atoms with Crippen molar-refractivity contribution in [3.8, 4) is 11.3 Å². The number of benzene rings is 1. The van der Waals surface area contributed by atoms with E-state index in [1.807, 2.05) is 0 Å². The number of hydrogen-bond donors (Lipinski definition) is 2. The van der Waals surface area contributed by atoms with Crippen molar-refractivity contribution in [1.82, 2.24) is 4.98 Å². The van der Waals surface area contributed by atoms with Crippen LogP contribution in [0.2, 0.25) is 0 Å². The lowest BCUT2D eigenvalue weighted by Crippen LogP contribution is -2.22. The summed E-state index contributed by atoms with van der Waals surface area (Å²) in [7, 11) is 0. The van der Waals surface area contributed by atoms with Crippen molar-refractivity contribution in [3.05, 3.63) is 75.1 Å². The molecule has 0 aliphatic rings. The maximum Gasteiger partial charge on any atom is 0.341 e. The molecule has 0 fully saturated rings. The van der Waals surface area contributed by atoms with Gasteiger partial charge in [-0.1, -0.05) is 18.2 Å². The highest BCUT2D eigenvalue weighted by Crippen LogP contribution is 2.37. The highest BCUT2D eigenvalue weighted by atomic mass is 32.1. The van der Waals surface area contributed by atoms with Gasteiger partial charge in [0.25, 0.3) is 5.91 Å². The second kappa shape index (κ2) is 9.75. The lowest BCUT2D eigenvalue weighted by molar-refractivity contribution is -0.119. The summed E-state index contributed by atoms with van der Waals surface area (Å²) in [6.45, 7) is 2.99. The lowest BCUT2D eigenvalue weighted by Gasteiger charge is -2.09. The number of fused-ring (bicyclic) bond motifs is 1. The van der Waals surface area contributed by atoms with E-state index in [1.54, 1.807) is 55.6 Å². The van der Waals surface area contributed by atoms with E-state index in [0.29, 0.717) is 28.0 Å². The van der Waals surface area contributed by atoms with E-state index in [9.17, 15) is 19.2 Å². The summed E-state index contributed by atoms with van der Waals surface area (Å²) >= 11 is 1.12. The van der Waals surface area contributed by atoms with Gasteiger partial charge in [-0.2, -0.15) is 0 Å². The van der Waals surface area contributed by atoms with Crippen LogP contribution in [0.4, 0.5) is 5.00 Å². The molecule has 0 bridgehead atoms. The molecule has 1 amide bonds. The molecule has 0 saturated carbocycles. The summed E-state index contributed by atoms with van der Waals surface area (Å²) in [5, 5.41) is 5.00. The number of nitrogens with one attached hydrogen (secondary N) is 2. The number of amides is 1. The molecule has 34 heavy (non-hydrogen) atoms. The van der Waals surface area contributed by atoms with Gasteiger partial charge < -0.3 is 24.2 Å². The van der Waals surface area contributed by atoms with E-state index in [0.717, 1.165) is 17.4 Å². The molecule has 0 aliphatic carbocycles. The zero-order valence-corrected chi connectivity index (χ0v) is 19.1. The first-order chi connectivity index (χ1) is 16.4. The van der Waals surface area contributed by atoms with Crippen molar-refractivity contribution in [3.63, 3.8) is 0 Å². The normalized spacial score (nSPS) is 10.8. The average molecular weight is 480 g/mol. The van der Waals surface area contributed by atoms with E-state index < -0.39 is 30.0 Å². The molecule has 0 aliphatic heterocycles. The molecule has 4 rings (SSSR count).